The van der Waals surface area contributed by atoms with Crippen molar-refractivity contribution in [2.24, 2.45) is 4.99 Å². The Bertz CT molecular complexity index is 717. The lowest BCUT2D eigenvalue weighted by Crippen LogP contribution is -2.39. The van der Waals surface area contributed by atoms with E-state index in [2.05, 4.69) is 20.6 Å². The molecule has 0 saturated heterocycles. The standard InChI is InChI=1S/C18H25ClN4OS/c1-5-20-18(22-11-17-12(2)23-13(3)25-17)21-10-16(24-4)14-7-6-8-15(19)9-14/h6-9,16H,5,10-11H2,1-4H3,(H2,20,21,22). The molecule has 0 bridgehead atoms. The van der Waals surface area contributed by atoms with Crippen LogP contribution in [0.25, 0.3) is 0 Å². The fourth-order valence-corrected chi connectivity index (χ4v) is 3.51. The summed E-state index contributed by atoms with van der Waals surface area (Å²) in [6.07, 6.45) is -0.102. The molecule has 25 heavy (non-hydrogen) atoms. The van der Waals surface area contributed by atoms with Crippen LogP contribution in [0.3, 0.4) is 0 Å². The van der Waals surface area contributed by atoms with Crippen LogP contribution in [-0.2, 0) is 11.3 Å². The zero-order valence-electron chi connectivity index (χ0n) is 15.1. The molecule has 0 saturated carbocycles. The van der Waals surface area contributed by atoms with Gasteiger partial charge in [-0.3, -0.25) is 0 Å². The molecule has 2 aromatic rings. The van der Waals surface area contributed by atoms with Crippen molar-refractivity contribution >= 4 is 28.9 Å². The Labute approximate surface area is 158 Å². The SMILES string of the molecule is CCNC(=NCc1sc(C)nc1C)NCC(OC)c1cccc(Cl)c1. The van der Waals surface area contributed by atoms with Crippen LogP contribution in [0.1, 0.15) is 34.2 Å². The van der Waals surface area contributed by atoms with Crippen molar-refractivity contribution in [3.63, 3.8) is 0 Å². The summed E-state index contributed by atoms with van der Waals surface area (Å²) in [7, 11) is 1.70. The van der Waals surface area contributed by atoms with E-state index in [1.165, 1.54) is 4.88 Å². The Kier molecular flexibility index (Phi) is 7.68. The van der Waals surface area contributed by atoms with Crippen molar-refractivity contribution in [1.29, 1.82) is 0 Å². The second-order valence-electron chi connectivity index (χ2n) is 5.60. The van der Waals surface area contributed by atoms with Gasteiger partial charge < -0.3 is 15.4 Å². The lowest BCUT2D eigenvalue weighted by molar-refractivity contribution is 0.106. The van der Waals surface area contributed by atoms with E-state index in [4.69, 9.17) is 16.3 Å². The lowest BCUT2D eigenvalue weighted by Gasteiger charge is -2.19. The molecule has 5 nitrogen and oxygen atoms in total. The van der Waals surface area contributed by atoms with Crippen molar-refractivity contribution in [1.82, 2.24) is 15.6 Å². The van der Waals surface area contributed by atoms with Gasteiger partial charge in [0.15, 0.2) is 5.96 Å². The van der Waals surface area contributed by atoms with Gasteiger partial charge in [-0.25, -0.2) is 9.98 Å². The van der Waals surface area contributed by atoms with Gasteiger partial charge in [-0.05, 0) is 38.5 Å². The van der Waals surface area contributed by atoms with E-state index >= 15 is 0 Å². The van der Waals surface area contributed by atoms with Gasteiger partial charge in [0.2, 0.25) is 0 Å². The molecule has 2 rings (SSSR count). The number of methoxy groups -OCH3 is 1. The predicted molar refractivity (Wildman–Crippen MR) is 106 cm³/mol. The molecule has 0 aliphatic carbocycles. The number of ether oxygens (including phenoxy) is 1. The maximum Gasteiger partial charge on any atom is 0.191 e. The number of halogens is 1. The van der Waals surface area contributed by atoms with E-state index in [9.17, 15) is 0 Å². The summed E-state index contributed by atoms with van der Waals surface area (Å²) >= 11 is 7.76. The van der Waals surface area contributed by atoms with Crippen LogP contribution in [-0.4, -0.2) is 31.1 Å². The normalized spacial score (nSPS) is 12.9. The topological polar surface area (TPSA) is 58.5 Å². The Hall–Kier alpha value is -1.63. The number of benzene rings is 1. The second-order valence-corrected chi connectivity index (χ2v) is 7.32. The van der Waals surface area contributed by atoms with Crippen molar-refractivity contribution in [3.8, 4) is 0 Å². The summed E-state index contributed by atoms with van der Waals surface area (Å²) in [5, 5.41) is 8.38. The van der Waals surface area contributed by atoms with E-state index in [1.54, 1.807) is 18.4 Å². The van der Waals surface area contributed by atoms with E-state index < -0.39 is 0 Å². The van der Waals surface area contributed by atoms with Crippen LogP contribution in [0.2, 0.25) is 5.02 Å². The molecule has 136 valence electrons. The molecular formula is C18H25ClN4OS. The second kappa shape index (κ2) is 9.75. The first-order chi connectivity index (χ1) is 12.0. The largest absolute Gasteiger partial charge is 0.375 e. The maximum absolute atomic E-state index is 6.08. The minimum absolute atomic E-state index is 0.102. The van der Waals surface area contributed by atoms with Gasteiger partial charge in [-0.2, -0.15) is 0 Å². The van der Waals surface area contributed by atoms with Gasteiger partial charge in [-0.15, -0.1) is 11.3 Å². The van der Waals surface area contributed by atoms with Crippen LogP contribution in [0.5, 0.6) is 0 Å². The molecule has 0 amide bonds. The molecule has 0 aliphatic heterocycles. The Balaban J connectivity index is 2.02. The number of nitrogens with zero attached hydrogens (tertiary/aromatic N) is 2. The summed E-state index contributed by atoms with van der Waals surface area (Å²) in [5.74, 6) is 0.761. The smallest absolute Gasteiger partial charge is 0.191 e. The summed E-state index contributed by atoms with van der Waals surface area (Å²) in [6, 6.07) is 7.72. The molecule has 7 heteroatoms. The van der Waals surface area contributed by atoms with E-state index in [0.29, 0.717) is 18.1 Å². The third kappa shape index (κ3) is 5.99. The minimum Gasteiger partial charge on any atom is -0.375 e. The number of guanidine groups is 1. The van der Waals surface area contributed by atoms with Gasteiger partial charge in [0.05, 0.1) is 23.4 Å². The lowest BCUT2D eigenvalue weighted by atomic mass is 10.1. The third-order valence-corrected chi connectivity index (χ3v) is 4.98. The number of aromatic nitrogens is 1. The molecule has 1 heterocycles. The highest BCUT2D eigenvalue weighted by atomic mass is 35.5. The third-order valence-electron chi connectivity index (χ3n) is 3.68. The highest BCUT2D eigenvalue weighted by Gasteiger charge is 2.12. The van der Waals surface area contributed by atoms with Crippen molar-refractivity contribution in [2.45, 2.75) is 33.4 Å². The molecule has 1 atom stereocenters. The van der Waals surface area contributed by atoms with Gasteiger partial charge in [0, 0.05) is 30.1 Å². The van der Waals surface area contributed by atoms with Crippen LogP contribution in [0.15, 0.2) is 29.3 Å². The number of aliphatic imine (C=N–C) groups is 1. The maximum atomic E-state index is 6.08. The van der Waals surface area contributed by atoms with Crippen LogP contribution < -0.4 is 10.6 Å². The summed E-state index contributed by atoms with van der Waals surface area (Å²) < 4.78 is 5.59. The van der Waals surface area contributed by atoms with E-state index in [1.807, 2.05) is 45.0 Å². The summed E-state index contributed by atoms with van der Waals surface area (Å²) in [5.41, 5.74) is 2.09. The predicted octanol–water partition coefficient (Wildman–Crippen LogP) is 3.86. The molecule has 1 aromatic carbocycles. The first-order valence-electron chi connectivity index (χ1n) is 8.26. The molecule has 0 aliphatic rings. The Morgan fingerprint density at radius 2 is 2.16 bits per heavy atom. The van der Waals surface area contributed by atoms with Crippen molar-refractivity contribution in [3.05, 3.63) is 50.4 Å². The quantitative estimate of drug-likeness (QED) is 0.565. The number of rotatable bonds is 7. The van der Waals surface area contributed by atoms with Crippen LogP contribution in [0, 0.1) is 13.8 Å². The first kappa shape index (κ1) is 19.7. The summed E-state index contributed by atoms with van der Waals surface area (Å²) in [4.78, 5) is 10.3. The number of hydrogen-bond acceptors (Lipinski definition) is 4. The fourth-order valence-electron chi connectivity index (χ4n) is 2.45. The molecule has 0 radical (unpaired) electrons. The van der Waals surface area contributed by atoms with Gasteiger partial charge in [-0.1, -0.05) is 23.7 Å². The Morgan fingerprint density at radius 1 is 1.36 bits per heavy atom. The molecule has 1 aromatic heterocycles. The van der Waals surface area contributed by atoms with Crippen molar-refractivity contribution < 1.29 is 4.74 Å². The average Bonchev–Trinajstić information content (AvgIpc) is 2.90. The molecule has 0 spiro atoms. The fraction of sp³-hybridized carbons (Fsp3) is 0.444. The van der Waals surface area contributed by atoms with E-state index in [0.717, 1.165) is 28.8 Å². The van der Waals surface area contributed by atoms with Gasteiger partial charge >= 0.3 is 0 Å². The number of hydrogen-bond donors (Lipinski definition) is 2. The van der Waals surface area contributed by atoms with E-state index in [-0.39, 0.29) is 6.10 Å². The van der Waals surface area contributed by atoms with Gasteiger partial charge in [0.25, 0.3) is 0 Å². The minimum atomic E-state index is -0.102. The average molecular weight is 381 g/mol. The highest BCUT2D eigenvalue weighted by Crippen LogP contribution is 2.20. The van der Waals surface area contributed by atoms with Crippen LogP contribution in [0.4, 0.5) is 0 Å². The van der Waals surface area contributed by atoms with Crippen LogP contribution >= 0.6 is 22.9 Å². The molecule has 2 N–H and O–H groups in total. The molecular weight excluding hydrogens is 356 g/mol. The zero-order chi connectivity index (χ0) is 18.2. The summed E-state index contributed by atoms with van der Waals surface area (Å²) in [6.45, 7) is 8.09. The zero-order valence-corrected chi connectivity index (χ0v) is 16.7. The molecule has 0 fully saturated rings. The van der Waals surface area contributed by atoms with Crippen molar-refractivity contribution in [2.75, 3.05) is 20.2 Å². The number of thiazole rings is 1. The highest BCUT2D eigenvalue weighted by molar-refractivity contribution is 7.11. The Morgan fingerprint density at radius 3 is 2.76 bits per heavy atom. The van der Waals surface area contributed by atoms with Gasteiger partial charge in [0.1, 0.15) is 0 Å². The molecule has 1 unspecified atom stereocenters. The number of nitrogens with one attached hydrogen (secondary N) is 2. The number of aryl methyl sites for hydroxylation is 2. The first-order valence-corrected chi connectivity index (χ1v) is 9.46. The monoisotopic (exact) mass is 380 g/mol.